The number of aryl methyl sites for hydroxylation is 1. The second-order valence-electron chi connectivity index (χ2n) is 7.81. The summed E-state index contributed by atoms with van der Waals surface area (Å²) in [7, 11) is 0. The predicted molar refractivity (Wildman–Crippen MR) is 110 cm³/mol. The predicted octanol–water partition coefficient (Wildman–Crippen LogP) is 3.84. The molecule has 4 amide bonds. The van der Waals surface area contributed by atoms with Gasteiger partial charge in [-0.15, -0.1) is 0 Å². The Labute approximate surface area is 170 Å². The first-order valence-corrected chi connectivity index (χ1v) is 10.1. The van der Waals surface area contributed by atoms with Gasteiger partial charge in [-0.1, -0.05) is 48.0 Å². The van der Waals surface area contributed by atoms with Gasteiger partial charge in [-0.2, -0.15) is 0 Å². The van der Waals surface area contributed by atoms with Crippen LogP contribution in [0.4, 0.5) is 10.5 Å². The van der Waals surface area contributed by atoms with Crippen molar-refractivity contribution in [1.29, 1.82) is 0 Å². The minimum absolute atomic E-state index is 0.152. The van der Waals surface area contributed by atoms with Gasteiger partial charge in [0.1, 0.15) is 0 Å². The molecule has 0 spiro atoms. The van der Waals surface area contributed by atoms with Crippen molar-refractivity contribution in [3.8, 4) is 0 Å². The van der Waals surface area contributed by atoms with Gasteiger partial charge >= 0.3 is 6.03 Å². The lowest BCUT2D eigenvalue weighted by atomic mass is 10.1. The molecule has 2 aromatic carbocycles. The fourth-order valence-electron chi connectivity index (χ4n) is 3.70. The van der Waals surface area contributed by atoms with E-state index in [2.05, 4.69) is 11.4 Å². The average Bonchev–Trinajstić information content (AvgIpc) is 3.49. The van der Waals surface area contributed by atoms with Crippen molar-refractivity contribution in [1.82, 2.24) is 9.80 Å². The number of amides is 4. The average molecular weight is 391 g/mol. The smallest absolute Gasteiger partial charge is 0.317 e. The van der Waals surface area contributed by atoms with E-state index in [1.54, 1.807) is 0 Å². The molecule has 0 atom stereocenters. The number of likely N-dealkylation sites (tertiary alicyclic amines) is 1. The van der Waals surface area contributed by atoms with Crippen LogP contribution in [0.2, 0.25) is 0 Å². The number of imide groups is 1. The Hall–Kier alpha value is -3.15. The zero-order chi connectivity index (χ0) is 20.4. The summed E-state index contributed by atoms with van der Waals surface area (Å²) in [5.74, 6) is -0.314. The van der Waals surface area contributed by atoms with Crippen molar-refractivity contribution in [2.24, 2.45) is 0 Å². The van der Waals surface area contributed by atoms with Crippen LogP contribution in [-0.2, 0) is 22.7 Å². The molecule has 6 heteroatoms. The summed E-state index contributed by atoms with van der Waals surface area (Å²) in [5, 5.41) is 3.01. The van der Waals surface area contributed by atoms with Crippen molar-refractivity contribution in [2.45, 2.75) is 51.7 Å². The highest BCUT2D eigenvalue weighted by Crippen LogP contribution is 2.30. The molecule has 1 aliphatic heterocycles. The van der Waals surface area contributed by atoms with Crippen LogP contribution in [0.25, 0.3) is 0 Å². The van der Waals surface area contributed by atoms with Gasteiger partial charge < -0.3 is 10.2 Å². The number of urea groups is 1. The van der Waals surface area contributed by atoms with Crippen molar-refractivity contribution >= 4 is 23.5 Å². The number of para-hydroxylation sites is 1. The zero-order valence-electron chi connectivity index (χ0n) is 16.6. The molecule has 2 aromatic rings. The van der Waals surface area contributed by atoms with E-state index in [1.807, 2.05) is 54.3 Å². The topological polar surface area (TPSA) is 69.7 Å². The van der Waals surface area contributed by atoms with Crippen LogP contribution in [-0.4, -0.2) is 33.7 Å². The normalized spacial score (nSPS) is 16.2. The van der Waals surface area contributed by atoms with E-state index in [9.17, 15) is 14.4 Å². The number of hydrogen-bond acceptors (Lipinski definition) is 3. The Morgan fingerprint density at radius 1 is 1.07 bits per heavy atom. The van der Waals surface area contributed by atoms with E-state index in [0.717, 1.165) is 24.0 Å². The summed E-state index contributed by atoms with van der Waals surface area (Å²) in [4.78, 5) is 40.2. The first kappa shape index (κ1) is 19.2. The van der Waals surface area contributed by atoms with Crippen LogP contribution in [0, 0.1) is 6.92 Å². The first-order valence-electron chi connectivity index (χ1n) is 10.1. The molecule has 0 aromatic heterocycles. The summed E-state index contributed by atoms with van der Waals surface area (Å²) in [6, 6.07) is 15.6. The van der Waals surface area contributed by atoms with Crippen LogP contribution in [0.5, 0.6) is 0 Å². The third kappa shape index (κ3) is 4.47. The summed E-state index contributed by atoms with van der Waals surface area (Å²) >= 11 is 0. The largest absolute Gasteiger partial charge is 0.322 e. The molecule has 1 N–H and O–H groups in total. The second-order valence-corrected chi connectivity index (χ2v) is 7.81. The van der Waals surface area contributed by atoms with Gasteiger partial charge in [0.15, 0.2) is 0 Å². The lowest BCUT2D eigenvalue weighted by Crippen LogP contribution is -2.36. The van der Waals surface area contributed by atoms with Crippen LogP contribution in [0.1, 0.15) is 42.4 Å². The highest BCUT2D eigenvalue weighted by molar-refractivity contribution is 6.02. The summed E-state index contributed by atoms with van der Waals surface area (Å²) in [6.45, 7) is 2.79. The number of benzene rings is 2. The van der Waals surface area contributed by atoms with Gasteiger partial charge in [0.05, 0.1) is 6.54 Å². The monoisotopic (exact) mass is 391 g/mol. The van der Waals surface area contributed by atoms with E-state index in [1.165, 1.54) is 10.5 Å². The maximum Gasteiger partial charge on any atom is 0.322 e. The number of carbonyl (C=O) groups excluding carboxylic acids is 3. The van der Waals surface area contributed by atoms with Crippen molar-refractivity contribution in [3.63, 3.8) is 0 Å². The van der Waals surface area contributed by atoms with Gasteiger partial charge in [0, 0.05) is 31.1 Å². The lowest BCUT2D eigenvalue weighted by molar-refractivity contribution is -0.139. The molecule has 1 aliphatic carbocycles. The van der Waals surface area contributed by atoms with Crippen molar-refractivity contribution < 1.29 is 14.4 Å². The molecule has 1 heterocycles. The lowest BCUT2D eigenvalue weighted by Gasteiger charge is -2.24. The highest BCUT2D eigenvalue weighted by Gasteiger charge is 2.33. The van der Waals surface area contributed by atoms with Crippen molar-refractivity contribution in [3.05, 3.63) is 65.2 Å². The fourth-order valence-corrected chi connectivity index (χ4v) is 3.70. The van der Waals surface area contributed by atoms with E-state index >= 15 is 0 Å². The van der Waals surface area contributed by atoms with Gasteiger partial charge in [-0.05, 0) is 37.0 Å². The summed E-state index contributed by atoms with van der Waals surface area (Å²) < 4.78 is 0. The Balaban J connectivity index is 1.49. The zero-order valence-corrected chi connectivity index (χ0v) is 16.6. The quantitative estimate of drug-likeness (QED) is 0.761. The van der Waals surface area contributed by atoms with Gasteiger partial charge in [0.2, 0.25) is 11.8 Å². The van der Waals surface area contributed by atoms with Crippen LogP contribution in [0.15, 0.2) is 48.5 Å². The molecule has 0 bridgehead atoms. The molecule has 150 valence electrons. The van der Waals surface area contributed by atoms with E-state index in [-0.39, 0.29) is 43.3 Å². The number of hydrogen-bond donors (Lipinski definition) is 1. The molecule has 2 fully saturated rings. The molecule has 6 nitrogen and oxygen atoms in total. The second kappa shape index (κ2) is 8.07. The minimum Gasteiger partial charge on any atom is -0.317 e. The third-order valence-corrected chi connectivity index (χ3v) is 5.43. The Kier molecular flexibility index (Phi) is 5.34. The molecular formula is C23H25N3O3. The number of nitrogens with zero attached hydrogens (tertiary/aromatic N) is 2. The number of nitrogens with one attached hydrogen (secondary N) is 1. The Morgan fingerprint density at radius 2 is 1.79 bits per heavy atom. The Morgan fingerprint density at radius 3 is 2.48 bits per heavy atom. The van der Waals surface area contributed by atoms with Gasteiger partial charge in [0.25, 0.3) is 0 Å². The van der Waals surface area contributed by atoms with E-state index in [4.69, 9.17) is 0 Å². The summed E-state index contributed by atoms with van der Waals surface area (Å²) in [5.41, 5.74) is 3.67. The number of carbonyl (C=O) groups is 3. The maximum absolute atomic E-state index is 13.1. The SMILES string of the molecule is Cc1cccc(CN(C(=O)Nc2ccccc2CN2C(=O)CCC2=O)C2CC2)c1. The fraction of sp³-hybridized carbons (Fsp3) is 0.348. The minimum atomic E-state index is -0.157. The van der Waals surface area contributed by atoms with E-state index in [0.29, 0.717) is 12.2 Å². The van der Waals surface area contributed by atoms with Gasteiger partial charge in [-0.25, -0.2) is 4.79 Å². The van der Waals surface area contributed by atoms with Crippen molar-refractivity contribution in [2.75, 3.05) is 5.32 Å². The molecular weight excluding hydrogens is 366 g/mol. The highest BCUT2D eigenvalue weighted by atomic mass is 16.2. The summed E-state index contributed by atoms with van der Waals surface area (Å²) in [6.07, 6.45) is 2.55. The Bertz CT molecular complexity index is 936. The van der Waals surface area contributed by atoms with Crippen LogP contribution in [0.3, 0.4) is 0 Å². The molecule has 0 unspecified atom stereocenters. The molecule has 29 heavy (non-hydrogen) atoms. The molecule has 4 rings (SSSR count). The number of rotatable bonds is 6. The van der Waals surface area contributed by atoms with Gasteiger partial charge in [-0.3, -0.25) is 14.5 Å². The standard InChI is InChI=1S/C23H25N3O3/c1-16-5-4-6-17(13-16)14-25(19-9-10-19)23(29)24-20-8-3-2-7-18(20)15-26-21(27)11-12-22(26)28/h2-8,13,19H,9-12,14-15H2,1H3,(H,24,29). The maximum atomic E-state index is 13.1. The molecule has 2 aliphatic rings. The molecule has 0 radical (unpaired) electrons. The van der Waals surface area contributed by atoms with Crippen LogP contribution >= 0.6 is 0 Å². The third-order valence-electron chi connectivity index (χ3n) is 5.43. The molecule has 1 saturated carbocycles. The molecule has 1 saturated heterocycles. The first-order chi connectivity index (χ1) is 14.0. The number of anilines is 1. The van der Waals surface area contributed by atoms with E-state index < -0.39 is 0 Å². The van der Waals surface area contributed by atoms with Crippen LogP contribution < -0.4 is 5.32 Å².